The number of phosphoric ester groups is 1. The lowest BCUT2D eigenvalue weighted by molar-refractivity contribution is -0.870. The van der Waals surface area contributed by atoms with Crippen molar-refractivity contribution in [3.05, 3.63) is 134 Å². The van der Waals surface area contributed by atoms with Gasteiger partial charge in [0.1, 0.15) is 19.8 Å². The Morgan fingerprint density at radius 1 is 0.590 bits per heavy atom. The molecule has 0 aliphatic carbocycles. The fourth-order valence-corrected chi connectivity index (χ4v) is 5.63. The molecule has 0 fully saturated rings. The van der Waals surface area contributed by atoms with Crippen LogP contribution < -0.4 is 0 Å². The molecule has 61 heavy (non-hydrogen) atoms. The Balaban J connectivity index is 4.71. The van der Waals surface area contributed by atoms with Crippen LogP contribution >= 0.6 is 7.82 Å². The maximum Gasteiger partial charge on any atom is 0.472 e. The summed E-state index contributed by atoms with van der Waals surface area (Å²) in [5.41, 5.74) is 0. The van der Waals surface area contributed by atoms with E-state index in [-0.39, 0.29) is 26.1 Å². The molecule has 0 saturated carbocycles. The summed E-state index contributed by atoms with van der Waals surface area (Å²) in [6.07, 6.45) is 54.1. The third-order valence-electron chi connectivity index (χ3n) is 8.29. The molecule has 0 aromatic rings. The maximum absolute atomic E-state index is 12.7. The molecule has 0 aliphatic heterocycles. The molecule has 0 bridgehead atoms. The van der Waals surface area contributed by atoms with E-state index in [2.05, 4.69) is 111 Å². The number of carbonyl (C=O) groups is 2. The first kappa shape index (κ1) is 57.1. The van der Waals surface area contributed by atoms with E-state index in [1.54, 1.807) is 12.2 Å². The van der Waals surface area contributed by atoms with Crippen LogP contribution in [0.4, 0.5) is 0 Å². The van der Waals surface area contributed by atoms with Gasteiger partial charge in [-0.15, -0.1) is 0 Å². The van der Waals surface area contributed by atoms with Crippen LogP contribution in [0.3, 0.4) is 0 Å². The van der Waals surface area contributed by atoms with Gasteiger partial charge < -0.3 is 24.0 Å². The second kappa shape index (κ2) is 40.2. The summed E-state index contributed by atoms with van der Waals surface area (Å²) in [6.45, 7) is 3.83. The number of hydrogen-bond acceptors (Lipinski definition) is 8. The van der Waals surface area contributed by atoms with E-state index in [0.29, 0.717) is 30.3 Å². The SMILES string of the molecule is CC/C=C\C/C=C\C/C=C\C/C=C\C=C\C(O)CCCC(=O)OC[C@H](COP(=O)(O)OCC[N+](C)(C)C)OC(=O)CC/C=C\C/C=C\C/C=C\C/C=C\C/C=C\C/C=C\CC. The molecule has 2 N–H and O–H groups in total. The number of aliphatic hydroxyl groups excluding tert-OH is 1. The normalized spacial score (nSPS) is 15.3. The summed E-state index contributed by atoms with van der Waals surface area (Å²) in [6, 6.07) is 0. The van der Waals surface area contributed by atoms with E-state index in [9.17, 15) is 24.2 Å². The minimum atomic E-state index is -4.45. The number of hydrogen-bond donors (Lipinski definition) is 2. The van der Waals surface area contributed by atoms with Crippen LogP contribution in [-0.4, -0.2) is 86.1 Å². The Morgan fingerprint density at radius 2 is 1.05 bits per heavy atom. The predicted octanol–water partition coefficient (Wildman–Crippen LogP) is 11.7. The van der Waals surface area contributed by atoms with E-state index < -0.39 is 38.6 Å². The molecule has 0 saturated heterocycles. The molecule has 0 aromatic heterocycles. The molecule has 0 amide bonds. The van der Waals surface area contributed by atoms with Crippen LogP contribution in [0.15, 0.2) is 134 Å². The molecule has 2 unspecified atom stereocenters. The zero-order valence-corrected chi connectivity index (χ0v) is 38.8. The van der Waals surface area contributed by atoms with Gasteiger partial charge in [-0.1, -0.05) is 148 Å². The smallest absolute Gasteiger partial charge is 0.462 e. The summed E-state index contributed by atoms with van der Waals surface area (Å²) >= 11 is 0. The molecule has 10 nitrogen and oxygen atoms in total. The number of rotatable bonds is 37. The van der Waals surface area contributed by atoms with Crippen molar-refractivity contribution < 1.29 is 47.2 Å². The van der Waals surface area contributed by atoms with Gasteiger partial charge in [0.15, 0.2) is 6.10 Å². The van der Waals surface area contributed by atoms with Crippen molar-refractivity contribution in [3.63, 3.8) is 0 Å². The highest BCUT2D eigenvalue weighted by Crippen LogP contribution is 2.43. The van der Waals surface area contributed by atoms with E-state index in [1.807, 2.05) is 45.4 Å². The molecule has 11 heteroatoms. The number of quaternary nitrogens is 1. The molecule has 0 spiro atoms. The molecular formula is C50H79NO9P+. The number of ether oxygens (including phenoxy) is 2. The molecule has 0 aliphatic rings. The summed E-state index contributed by atoms with van der Waals surface area (Å²) in [7, 11) is 1.30. The Labute approximate surface area is 369 Å². The molecule has 3 atom stereocenters. The fourth-order valence-electron chi connectivity index (χ4n) is 4.89. The van der Waals surface area contributed by atoms with Crippen molar-refractivity contribution in [1.82, 2.24) is 0 Å². The van der Waals surface area contributed by atoms with Crippen LogP contribution in [0.5, 0.6) is 0 Å². The van der Waals surface area contributed by atoms with Gasteiger partial charge in [-0.3, -0.25) is 18.6 Å². The first-order chi connectivity index (χ1) is 29.4. The van der Waals surface area contributed by atoms with Gasteiger partial charge in [0.2, 0.25) is 0 Å². The van der Waals surface area contributed by atoms with Gasteiger partial charge in [-0.05, 0) is 83.5 Å². The zero-order valence-electron chi connectivity index (χ0n) is 37.9. The van der Waals surface area contributed by atoms with Gasteiger partial charge in [-0.25, -0.2) is 4.57 Å². The summed E-state index contributed by atoms with van der Waals surface area (Å²) in [4.78, 5) is 35.4. The molecule has 342 valence electrons. The number of likely N-dealkylation sites (N-methyl/N-ethyl adjacent to an activating group) is 1. The minimum Gasteiger partial charge on any atom is -0.462 e. The number of phosphoric acid groups is 1. The van der Waals surface area contributed by atoms with Crippen molar-refractivity contribution in [2.45, 2.75) is 122 Å². The average Bonchev–Trinajstić information content (AvgIpc) is 3.21. The second-order valence-electron chi connectivity index (χ2n) is 15.2. The molecule has 0 heterocycles. The topological polar surface area (TPSA) is 129 Å². The first-order valence-corrected chi connectivity index (χ1v) is 23.5. The zero-order chi connectivity index (χ0) is 45.1. The van der Waals surface area contributed by atoms with E-state index in [1.165, 1.54) is 0 Å². The van der Waals surface area contributed by atoms with E-state index >= 15 is 0 Å². The number of nitrogens with zero attached hydrogens (tertiary/aromatic N) is 1. The third-order valence-corrected chi connectivity index (χ3v) is 9.28. The van der Waals surface area contributed by atoms with Crippen LogP contribution in [0.1, 0.15) is 110 Å². The number of aliphatic hydroxyl groups is 1. The van der Waals surface area contributed by atoms with Crippen molar-refractivity contribution in [3.8, 4) is 0 Å². The Kier molecular flexibility index (Phi) is 37.6. The molecular weight excluding hydrogens is 790 g/mol. The number of carbonyl (C=O) groups excluding carboxylic acids is 2. The van der Waals surface area contributed by atoms with Crippen LogP contribution in [0.2, 0.25) is 0 Å². The Bertz CT molecular complexity index is 1510. The lowest BCUT2D eigenvalue weighted by Gasteiger charge is -2.24. The largest absolute Gasteiger partial charge is 0.472 e. The van der Waals surface area contributed by atoms with Crippen molar-refractivity contribution in [2.75, 3.05) is 47.5 Å². The Hall–Kier alpha value is -3.89. The van der Waals surface area contributed by atoms with Crippen LogP contribution in [-0.2, 0) is 32.7 Å². The minimum absolute atomic E-state index is 0.0207. The first-order valence-electron chi connectivity index (χ1n) is 22.0. The highest BCUT2D eigenvalue weighted by molar-refractivity contribution is 7.47. The standard InChI is InChI=1S/C50H78NO9P/c1-6-8-10-12-14-16-18-20-21-22-23-24-25-27-29-31-33-35-37-41-50(54)60-48(46-59-61(55,56)58-44-43-51(3,4)5)45-57-49(53)42-38-40-47(52)39-36-34-32-30-28-26-19-17-15-13-11-9-7-2/h8-11,14-17,20-21,23-24,26-29,32-36,39,47-48,52H,6-7,12-13,18-19,22,25,30-31,37-38,40-46H2,1-5H3/p+1/b10-8-,11-9-,16-14-,17-15-,21-20-,24-23-,28-26-,29-27-,34-32-,35-33-,39-36+/t47?,48-/m1/s1. The number of esters is 2. The van der Waals surface area contributed by atoms with Crippen LogP contribution in [0.25, 0.3) is 0 Å². The van der Waals surface area contributed by atoms with Gasteiger partial charge >= 0.3 is 19.8 Å². The monoisotopic (exact) mass is 869 g/mol. The maximum atomic E-state index is 12.7. The number of allylic oxidation sites excluding steroid dienone is 21. The average molecular weight is 869 g/mol. The van der Waals surface area contributed by atoms with Gasteiger partial charge in [0.25, 0.3) is 0 Å². The second-order valence-corrected chi connectivity index (χ2v) is 16.6. The van der Waals surface area contributed by atoms with Gasteiger partial charge in [0.05, 0.1) is 33.9 Å². The van der Waals surface area contributed by atoms with Gasteiger partial charge in [0, 0.05) is 12.8 Å². The van der Waals surface area contributed by atoms with Crippen molar-refractivity contribution >= 4 is 19.8 Å². The molecule has 0 aromatic carbocycles. The fraction of sp³-hybridized carbons (Fsp3) is 0.520. The highest BCUT2D eigenvalue weighted by Gasteiger charge is 2.27. The van der Waals surface area contributed by atoms with Crippen LogP contribution in [0, 0.1) is 0 Å². The lowest BCUT2D eigenvalue weighted by atomic mass is 10.1. The summed E-state index contributed by atoms with van der Waals surface area (Å²) in [5.74, 6) is -1.12. The van der Waals surface area contributed by atoms with Gasteiger partial charge in [-0.2, -0.15) is 0 Å². The third kappa shape index (κ3) is 44.0. The lowest BCUT2D eigenvalue weighted by Crippen LogP contribution is -2.37. The molecule has 0 rings (SSSR count). The quantitative estimate of drug-likeness (QED) is 0.0206. The van der Waals surface area contributed by atoms with E-state index in [4.69, 9.17) is 18.5 Å². The Morgan fingerprint density at radius 3 is 1.52 bits per heavy atom. The van der Waals surface area contributed by atoms with Crippen molar-refractivity contribution in [1.29, 1.82) is 0 Å². The summed E-state index contributed by atoms with van der Waals surface area (Å²) in [5, 5.41) is 10.3. The predicted molar refractivity (Wildman–Crippen MR) is 253 cm³/mol. The highest BCUT2D eigenvalue weighted by atomic mass is 31.2. The van der Waals surface area contributed by atoms with E-state index in [0.717, 1.165) is 64.2 Å². The summed E-state index contributed by atoms with van der Waals surface area (Å²) < 4.78 is 34.0. The van der Waals surface area contributed by atoms with Crippen molar-refractivity contribution in [2.24, 2.45) is 0 Å². The molecule has 0 radical (unpaired) electrons.